The molecule has 0 atom stereocenters. The van der Waals surface area contributed by atoms with E-state index >= 15 is 0 Å². The van der Waals surface area contributed by atoms with Crippen molar-refractivity contribution in [1.29, 1.82) is 0 Å². The summed E-state index contributed by atoms with van der Waals surface area (Å²) in [5, 5.41) is 2.96. The summed E-state index contributed by atoms with van der Waals surface area (Å²) in [6, 6.07) is 12.1. The molecule has 1 heterocycles. The van der Waals surface area contributed by atoms with Crippen LogP contribution < -0.4 is 5.32 Å². The molecule has 2 saturated carbocycles. The van der Waals surface area contributed by atoms with Gasteiger partial charge in [-0.1, -0.05) is 12.1 Å². The maximum atomic E-state index is 13.1. The summed E-state index contributed by atoms with van der Waals surface area (Å²) in [7, 11) is 2.00. The van der Waals surface area contributed by atoms with Gasteiger partial charge in [0.25, 0.3) is 0 Å². The minimum Gasteiger partial charge on any atom is -0.353 e. The van der Waals surface area contributed by atoms with Gasteiger partial charge in [-0.2, -0.15) is 0 Å². The first-order valence-electron chi connectivity index (χ1n) is 10.1. The highest BCUT2D eigenvalue weighted by atomic mass is 16.2. The van der Waals surface area contributed by atoms with Gasteiger partial charge in [0.2, 0.25) is 5.91 Å². The molecule has 0 bridgehead atoms. The van der Waals surface area contributed by atoms with Crippen molar-refractivity contribution in [3.63, 3.8) is 0 Å². The minimum absolute atomic E-state index is 0.0370. The number of carbonyl (C=O) groups is 2. The monoisotopic (exact) mass is 380 g/mol. The highest BCUT2D eigenvalue weighted by Crippen LogP contribution is 2.31. The number of urea groups is 1. The molecule has 2 aromatic rings. The predicted molar refractivity (Wildman–Crippen MR) is 109 cm³/mol. The van der Waals surface area contributed by atoms with Gasteiger partial charge in [0.1, 0.15) is 6.54 Å². The Labute approximate surface area is 166 Å². The lowest BCUT2D eigenvalue weighted by atomic mass is 10.2. The zero-order valence-corrected chi connectivity index (χ0v) is 16.6. The van der Waals surface area contributed by atoms with Crippen LogP contribution in [-0.2, 0) is 18.4 Å². The number of aromatic nitrogens is 1. The molecule has 1 aromatic heterocycles. The Morgan fingerprint density at radius 3 is 2.39 bits per heavy atom. The number of hydrogen-bond donors (Lipinski definition) is 1. The molecule has 2 fully saturated rings. The zero-order chi connectivity index (χ0) is 19.7. The van der Waals surface area contributed by atoms with Crippen molar-refractivity contribution in [3.8, 4) is 0 Å². The molecule has 0 unspecified atom stereocenters. The number of rotatable bonds is 7. The van der Waals surface area contributed by atoms with Crippen LogP contribution in [0.15, 0.2) is 42.6 Å². The summed E-state index contributed by atoms with van der Waals surface area (Å²) in [5.74, 6) is 0.0370. The second-order valence-electron chi connectivity index (χ2n) is 8.02. The van der Waals surface area contributed by atoms with E-state index in [0.29, 0.717) is 12.6 Å². The number of carbonyl (C=O) groups excluding carboxylic acids is 2. The number of benzene rings is 1. The third-order valence-corrected chi connectivity index (χ3v) is 5.52. The maximum Gasteiger partial charge on any atom is 0.322 e. The molecular formula is C22H28N4O2. The number of amides is 3. The molecule has 0 saturated heterocycles. The molecule has 2 aliphatic rings. The van der Waals surface area contributed by atoms with E-state index < -0.39 is 0 Å². The first-order chi connectivity index (χ1) is 13.5. The molecule has 3 amide bonds. The summed E-state index contributed by atoms with van der Waals surface area (Å²) in [6.07, 6.45) is 6.03. The van der Waals surface area contributed by atoms with Crippen LogP contribution in [0.1, 0.15) is 36.9 Å². The highest BCUT2D eigenvalue weighted by Gasteiger charge is 2.38. The van der Waals surface area contributed by atoms with Gasteiger partial charge in [0.15, 0.2) is 0 Å². The van der Waals surface area contributed by atoms with E-state index in [0.717, 1.165) is 42.6 Å². The summed E-state index contributed by atoms with van der Waals surface area (Å²) >= 11 is 0. The molecule has 28 heavy (non-hydrogen) atoms. The van der Waals surface area contributed by atoms with Gasteiger partial charge in [0.05, 0.1) is 6.54 Å². The second kappa shape index (κ2) is 7.70. The van der Waals surface area contributed by atoms with E-state index in [1.165, 1.54) is 0 Å². The van der Waals surface area contributed by atoms with Gasteiger partial charge in [-0.25, -0.2) is 4.79 Å². The maximum absolute atomic E-state index is 13.1. The molecule has 1 aromatic carbocycles. The van der Waals surface area contributed by atoms with Gasteiger partial charge in [-0.05, 0) is 62.4 Å². The van der Waals surface area contributed by atoms with Gasteiger partial charge >= 0.3 is 6.03 Å². The molecule has 6 nitrogen and oxygen atoms in total. The lowest BCUT2D eigenvalue weighted by Gasteiger charge is -2.28. The first-order valence-corrected chi connectivity index (χ1v) is 10.1. The third kappa shape index (κ3) is 4.38. The van der Waals surface area contributed by atoms with Crippen LogP contribution in [0.5, 0.6) is 0 Å². The molecule has 1 N–H and O–H groups in total. The number of aryl methyl sites for hydroxylation is 2. The van der Waals surface area contributed by atoms with Crippen molar-refractivity contribution in [1.82, 2.24) is 14.4 Å². The van der Waals surface area contributed by atoms with Crippen molar-refractivity contribution in [2.24, 2.45) is 7.05 Å². The molecule has 148 valence electrons. The largest absolute Gasteiger partial charge is 0.353 e. The zero-order valence-electron chi connectivity index (χ0n) is 16.6. The Hall–Kier alpha value is -2.76. The third-order valence-electron chi connectivity index (χ3n) is 5.52. The van der Waals surface area contributed by atoms with Gasteiger partial charge in [-0.3, -0.25) is 4.79 Å². The Bertz CT molecular complexity index is 867. The molecule has 0 aliphatic heterocycles. The van der Waals surface area contributed by atoms with Crippen LogP contribution in [0.4, 0.5) is 10.5 Å². The first kappa shape index (κ1) is 18.6. The minimum atomic E-state index is -0.184. The number of anilines is 1. The van der Waals surface area contributed by atoms with E-state index in [1.807, 2.05) is 66.0 Å². The van der Waals surface area contributed by atoms with E-state index in [-0.39, 0.29) is 24.5 Å². The average molecular weight is 380 g/mol. The van der Waals surface area contributed by atoms with Gasteiger partial charge < -0.3 is 19.7 Å². The van der Waals surface area contributed by atoms with Crippen molar-refractivity contribution < 1.29 is 9.59 Å². The highest BCUT2D eigenvalue weighted by molar-refractivity contribution is 5.93. The Morgan fingerprint density at radius 1 is 1.07 bits per heavy atom. The molecule has 4 rings (SSSR count). The Kier molecular flexibility index (Phi) is 5.11. The molecule has 0 radical (unpaired) electrons. The van der Waals surface area contributed by atoms with Crippen molar-refractivity contribution in [3.05, 3.63) is 53.9 Å². The Balaban J connectivity index is 1.43. The van der Waals surface area contributed by atoms with Crippen LogP contribution in [0, 0.1) is 6.92 Å². The lowest BCUT2D eigenvalue weighted by molar-refractivity contribution is -0.133. The predicted octanol–water partition coefficient (Wildman–Crippen LogP) is 3.52. The van der Waals surface area contributed by atoms with Crippen molar-refractivity contribution >= 4 is 17.6 Å². The summed E-state index contributed by atoms with van der Waals surface area (Å²) in [5.41, 5.74) is 2.97. The van der Waals surface area contributed by atoms with E-state index in [9.17, 15) is 9.59 Å². The van der Waals surface area contributed by atoms with Crippen LogP contribution >= 0.6 is 0 Å². The van der Waals surface area contributed by atoms with Crippen molar-refractivity contribution in [2.45, 2.75) is 51.2 Å². The van der Waals surface area contributed by atoms with Gasteiger partial charge in [-0.15, -0.1) is 0 Å². The van der Waals surface area contributed by atoms with Crippen molar-refractivity contribution in [2.75, 3.05) is 11.9 Å². The van der Waals surface area contributed by atoms with Crippen LogP contribution in [-0.4, -0.2) is 44.9 Å². The summed E-state index contributed by atoms with van der Waals surface area (Å²) < 4.78 is 2.05. The molecule has 0 spiro atoms. The van der Waals surface area contributed by atoms with E-state index in [2.05, 4.69) is 5.32 Å². The molecule has 6 heteroatoms. The molecular weight excluding hydrogens is 352 g/mol. The van der Waals surface area contributed by atoms with E-state index in [1.54, 1.807) is 4.90 Å². The fourth-order valence-electron chi connectivity index (χ4n) is 3.55. The summed E-state index contributed by atoms with van der Waals surface area (Å²) in [4.78, 5) is 29.6. The SMILES string of the molecule is Cc1cccc(NC(=O)N(CC(=O)N(Cc2cccn2C)C2CC2)C2CC2)c1. The van der Waals surface area contributed by atoms with Crippen LogP contribution in [0.2, 0.25) is 0 Å². The lowest BCUT2D eigenvalue weighted by Crippen LogP contribution is -2.46. The normalized spacial score (nSPS) is 15.9. The number of nitrogens with zero attached hydrogens (tertiary/aromatic N) is 3. The second-order valence-corrected chi connectivity index (χ2v) is 8.02. The van der Waals surface area contributed by atoms with Gasteiger partial charge in [0, 0.05) is 36.7 Å². The van der Waals surface area contributed by atoms with E-state index in [4.69, 9.17) is 0 Å². The smallest absolute Gasteiger partial charge is 0.322 e. The number of hydrogen-bond acceptors (Lipinski definition) is 2. The quantitative estimate of drug-likeness (QED) is 0.799. The standard InChI is InChI=1S/C22H28N4O2/c1-16-5-3-6-17(13-16)23-22(28)26(19-10-11-19)15-21(27)25(18-8-9-18)14-20-7-4-12-24(20)2/h3-7,12-13,18-19H,8-11,14-15H2,1-2H3,(H,23,28). The Morgan fingerprint density at radius 2 is 1.79 bits per heavy atom. The fraction of sp³-hybridized carbons (Fsp3) is 0.455. The fourth-order valence-corrected chi connectivity index (χ4v) is 3.55. The number of nitrogens with one attached hydrogen (secondary N) is 1. The topological polar surface area (TPSA) is 57.6 Å². The van der Waals surface area contributed by atoms with Crippen LogP contribution in [0.25, 0.3) is 0 Å². The molecule has 2 aliphatic carbocycles. The van der Waals surface area contributed by atoms with Crippen LogP contribution in [0.3, 0.4) is 0 Å². The average Bonchev–Trinajstić information content (AvgIpc) is 3.57. The summed E-state index contributed by atoms with van der Waals surface area (Å²) in [6.45, 7) is 2.74.